The Hall–Kier alpha value is -3.18. The zero-order chi connectivity index (χ0) is 27.1. The molecule has 1 N–H and O–H groups in total. The van der Waals surface area contributed by atoms with Crippen molar-refractivity contribution in [2.45, 2.75) is 61.4 Å². The summed E-state index contributed by atoms with van der Waals surface area (Å²) in [6.07, 6.45) is 11.1. The van der Waals surface area contributed by atoms with E-state index >= 15 is 0 Å². The number of cyclic esters (lactones) is 1. The number of allylic oxidation sites excluding steroid dienone is 1. The highest BCUT2D eigenvalue weighted by atomic mass is 32.2. The van der Waals surface area contributed by atoms with Crippen molar-refractivity contribution in [3.8, 4) is 0 Å². The van der Waals surface area contributed by atoms with Gasteiger partial charge in [0, 0.05) is 11.8 Å². The number of nitrogens with zero attached hydrogens (tertiary/aromatic N) is 5. The van der Waals surface area contributed by atoms with Crippen molar-refractivity contribution in [1.29, 1.82) is 0 Å². The SMILES string of the molecule is CC[C@@H](CO)N1C(=O)[C@@H]2[C@@H]3C(=O)OCCCC/C=C\[C@@H]3S[C@@]23C=CCN(Cn2nnc4ccccc42)C(=O)C13. The minimum atomic E-state index is -0.956. The van der Waals surface area contributed by atoms with Crippen molar-refractivity contribution >= 4 is 40.6 Å². The molecule has 0 saturated carbocycles. The third-order valence-electron chi connectivity index (χ3n) is 8.42. The first kappa shape index (κ1) is 26.1. The summed E-state index contributed by atoms with van der Waals surface area (Å²) in [5, 5.41) is 18.5. The third-order valence-corrected chi connectivity index (χ3v) is 10.2. The molecule has 1 unspecified atom stereocenters. The van der Waals surface area contributed by atoms with Crippen molar-refractivity contribution < 1.29 is 24.2 Å². The molecule has 6 rings (SSSR count). The normalized spacial score (nSPS) is 32.4. The van der Waals surface area contributed by atoms with E-state index in [9.17, 15) is 19.5 Å². The number of hydrogen-bond acceptors (Lipinski definition) is 8. The molecule has 11 heteroatoms. The lowest BCUT2D eigenvalue weighted by Gasteiger charge is -2.38. The molecule has 206 valence electrons. The zero-order valence-electron chi connectivity index (χ0n) is 21.9. The topological polar surface area (TPSA) is 118 Å². The van der Waals surface area contributed by atoms with Gasteiger partial charge >= 0.3 is 5.97 Å². The number of thioether (sulfide) groups is 1. The molecule has 4 aliphatic rings. The van der Waals surface area contributed by atoms with Crippen LogP contribution < -0.4 is 0 Å². The summed E-state index contributed by atoms with van der Waals surface area (Å²) in [5.41, 5.74) is 1.54. The number of aliphatic hydroxyl groups excluding tert-OH is 1. The number of carbonyl (C=O) groups is 3. The summed E-state index contributed by atoms with van der Waals surface area (Å²) < 4.78 is 6.39. The predicted octanol–water partition coefficient (Wildman–Crippen LogP) is 2.14. The van der Waals surface area contributed by atoms with Gasteiger partial charge in [0.2, 0.25) is 11.8 Å². The number of aromatic nitrogens is 3. The average molecular weight is 552 g/mol. The number of likely N-dealkylation sites (tertiary alicyclic amines) is 1. The van der Waals surface area contributed by atoms with Crippen LogP contribution in [0.5, 0.6) is 0 Å². The lowest BCUT2D eigenvalue weighted by atomic mass is 9.78. The number of benzene rings is 1. The van der Waals surface area contributed by atoms with Gasteiger partial charge in [-0.3, -0.25) is 14.4 Å². The fourth-order valence-electron chi connectivity index (χ4n) is 6.52. The van der Waals surface area contributed by atoms with E-state index in [-0.39, 0.29) is 36.3 Å². The van der Waals surface area contributed by atoms with Gasteiger partial charge in [-0.25, -0.2) is 4.68 Å². The number of rotatable bonds is 5. The Morgan fingerprint density at radius 1 is 1.18 bits per heavy atom. The van der Waals surface area contributed by atoms with Gasteiger partial charge in [0.25, 0.3) is 0 Å². The number of hydrogen-bond donors (Lipinski definition) is 1. The smallest absolute Gasteiger partial charge is 0.311 e. The van der Waals surface area contributed by atoms with Crippen LogP contribution in [0.15, 0.2) is 48.6 Å². The molecule has 2 aromatic rings. The lowest BCUT2D eigenvalue weighted by molar-refractivity contribution is -0.153. The standard InChI is InChI=1S/C28H33N5O5S/c1-2-18(16-34)33-24-26(36)31(17-32-20-11-7-6-10-19(20)29-30-32)14-9-13-28(24)23(25(33)35)22-21(39-28)12-5-3-4-8-15-38-27(22)37/h5-7,9-13,18,21-24,34H,2-4,8,14-17H2,1H3/b12-5-/t18-,21-,22+,23-,24?,28-/m0/s1. The fraction of sp³-hybridized carbons (Fsp3) is 0.536. The number of ether oxygens (including phenoxy) is 1. The molecule has 0 aliphatic carbocycles. The highest BCUT2D eigenvalue weighted by Gasteiger charge is 2.71. The van der Waals surface area contributed by atoms with Crippen molar-refractivity contribution in [3.05, 3.63) is 48.6 Å². The second-order valence-electron chi connectivity index (χ2n) is 10.6. The minimum Gasteiger partial charge on any atom is -0.465 e. The van der Waals surface area contributed by atoms with Crippen molar-refractivity contribution in [2.24, 2.45) is 11.8 Å². The first-order valence-electron chi connectivity index (χ1n) is 13.7. The van der Waals surface area contributed by atoms with Crippen LogP contribution in [0.4, 0.5) is 0 Å². The quantitative estimate of drug-likeness (QED) is 0.444. The fourth-order valence-corrected chi connectivity index (χ4v) is 8.51. The number of para-hydroxylation sites is 1. The predicted molar refractivity (Wildman–Crippen MR) is 145 cm³/mol. The molecule has 1 aromatic carbocycles. The molecule has 1 aromatic heterocycles. The summed E-state index contributed by atoms with van der Waals surface area (Å²) in [6.45, 7) is 2.44. The Kier molecular flexibility index (Phi) is 6.96. The second-order valence-corrected chi connectivity index (χ2v) is 12.1. The van der Waals surface area contributed by atoms with Crippen LogP contribution in [0.2, 0.25) is 0 Å². The van der Waals surface area contributed by atoms with E-state index in [2.05, 4.69) is 16.4 Å². The monoisotopic (exact) mass is 551 g/mol. The zero-order valence-corrected chi connectivity index (χ0v) is 22.7. The molecule has 5 heterocycles. The first-order valence-corrected chi connectivity index (χ1v) is 14.6. The number of esters is 1. The average Bonchev–Trinajstić information content (AvgIpc) is 3.54. The van der Waals surface area contributed by atoms with E-state index in [1.807, 2.05) is 49.4 Å². The Balaban J connectivity index is 1.42. The molecule has 0 bridgehead atoms. The summed E-state index contributed by atoms with van der Waals surface area (Å²) in [4.78, 5) is 45.4. The number of fused-ring (bicyclic) bond motifs is 3. The maximum absolute atomic E-state index is 14.5. The first-order chi connectivity index (χ1) is 19.0. The minimum absolute atomic E-state index is 0.165. The highest BCUT2D eigenvalue weighted by Crippen LogP contribution is 2.61. The van der Waals surface area contributed by atoms with Crippen LogP contribution in [0, 0.1) is 11.8 Å². The summed E-state index contributed by atoms with van der Waals surface area (Å²) in [5.74, 6) is -2.35. The van der Waals surface area contributed by atoms with E-state index in [1.54, 1.807) is 14.5 Å². The van der Waals surface area contributed by atoms with Crippen LogP contribution in [0.3, 0.4) is 0 Å². The Bertz CT molecular complexity index is 1340. The van der Waals surface area contributed by atoms with Crippen LogP contribution >= 0.6 is 11.8 Å². The Morgan fingerprint density at radius 2 is 2.03 bits per heavy atom. The maximum atomic E-state index is 14.5. The molecule has 0 radical (unpaired) electrons. The molecule has 6 atom stereocenters. The van der Waals surface area contributed by atoms with Crippen LogP contribution in [0.25, 0.3) is 11.0 Å². The van der Waals surface area contributed by atoms with E-state index in [0.29, 0.717) is 19.6 Å². The molecule has 2 amide bonds. The van der Waals surface area contributed by atoms with Crippen molar-refractivity contribution in [3.63, 3.8) is 0 Å². The van der Waals surface area contributed by atoms with E-state index in [0.717, 1.165) is 30.3 Å². The number of carbonyl (C=O) groups excluding carboxylic acids is 3. The molecule has 10 nitrogen and oxygen atoms in total. The molecular weight excluding hydrogens is 518 g/mol. The summed E-state index contributed by atoms with van der Waals surface area (Å²) in [7, 11) is 0. The van der Waals surface area contributed by atoms with Crippen LogP contribution in [-0.2, 0) is 25.8 Å². The van der Waals surface area contributed by atoms with Gasteiger partial charge in [-0.15, -0.1) is 16.9 Å². The number of aliphatic hydroxyl groups is 1. The van der Waals surface area contributed by atoms with E-state index in [1.165, 1.54) is 11.8 Å². The third kappa shape index (κ3) is 4.17. The van der Waals surface area contributed by atoms with Crippen molar-refractivity contribution in [1.82, 2.24) is 24.8 Å². The second kappa shape index (κ2) is 10.4. The van der Waals surface area contributed by atoms with Gasteiger partial charge in [-0.05, 0) is 37.8 Å². The highest BCUT2D eigenvalue weighted by molar-refractivity contribution is 8.02. The molecule has 39 heavy (non-hydrogen) atoms. The summed E-state index contributed by atoms with van der Waals surface area (Å²) in [6, 6.07) is 6.14. The van der Waals surface area contributed by atoms with E-state index < -0.39 is 28.7 Å². The largest absolute Gasteiger partial charge is 0.465 e. The molecule has 1 spiro atoms. The number of amides is 2. The maximum Gasteiger partial charge on any atom is 0.311 e. The Labute approximate surface area is 231 Å². The van der Waals surface area contributed by atoms with Gasteiger partial charge in [-0.1, -0.05) is 48.6 Å². The molecule has 2 saturated heterocycles. The Morgan fingerprint density at radius 3 is 2.85 bits per heavy atom. The summed E-state index contributed by atoms with van der Waals surface area (Å²) >= 11 is 1.51. The van der Waals surface area contributed by atoms with Gasteiger partial charge in [0.1, 0.15) is 18.2 Å². The van der Waals surface area contributed by atoms with E-state index in [4.69, 9.17) is 4.74 Å². The van der Waals surface area contributed by atoms with Gasteiger partial charge in [0.05, 0.1) is 41.4 Å². The molecule has 2 fully saturated rings. The van der Waals surface area contributed by atoms with Crippen LogP contribution in [-0.4, -0.2) is 89.5 Å². The van der Waals surface area contributed by atoms with Gasteiger partial charge in [-0.2, -0.15) is 0 Å². The van der Waals surface area contributed by atoms with Crippen molar-refractivity contribution in [2.75, 3.05) is 19.8 Å². The van der Waals surface area contributed by atoms with Crippen LogP contribution in [0.1, 0.15) is 32.6 Å². The van der Waals surface area contributed by atoms with Gasteiger partial charge < -0.3 is 19.6 Å². The molecule has 4 aliphatic heterocycles. The lowest BCUT2D eigenvalue weighted by Crippen LogP contribution is -2.56. The van der Waals surface area contributed by atoms with Gasteiger partial charge in [0.15, 0.2) is 0 Å². The molecular formula is C28H33N5O5S.